The van der Waals surface area contributed by atoms with Crippen molar-refractivity contribution in [3.8, 4) is 0 Å². The molecule has 0 unspecified atom stereocenters. The van der Waals surface area contributed by atoms with Crippen molar-refractivity contribution in [3.63, 3.8) is 0 Å². The van der Waals surface area contributed by atoms with E-state index in [4.69, 9.17) is 0 Å². The molecule has 2 N–H and O–H groups in total. The summed E-state index contributed by atoms with van der Waals surface area (Å²) in [6, 6.07) is 0. The fourth-order valence-electron chi connectivity index (χ4n) is 2.03. The maximum Gasteiger partial charge on any atom is 0.193 e. The van der Waals surface area contributed by atoms with Crippen LogP contribution < -0.4 is 10.6 Å². The molecule has 124 valence electrons. The van der Waals surface area contributed by atoms with E-state index in [2.05, 4.69) is 32.5 Å². The van der Waals surface area contributed by atoms with Crippen LogP contribution in [0.15, 0.2) is 22.8 Å². The average molecular weight is 462 g/mol. The predicted octanol–water partition coefficient (Wildman–Crippen LogP) is 2.95. The van der Waals surface area contributed by atoms with E-state index in [0.29, 0.717) is 13.1 Å². The van der Waals surface area contributed by atoms with Gasteiger partial charge in [0.1, 0.15) is 5.01 Å². The summed E-state index contributed by atoms with van der Waals surface area (Å²) >= 11 is 3.35. The van der Waals surface area contributed by atoms with Crippen molar-refractivity contribution in [2.24, 2.45) is 4.99 Å². The molecule has 0 spiro atoms. The molecule has 0 aliphatic carbocycles. The largest absolute Gasteiger partial charge is 0.351 e. The van der Waals surface area contributed by atoms with E-state index in [9.17, 15) is 0 Å². The van der Waals surface area contributed by atoms with Gasteiger partial charge in [0.2, 0.25) is 0 Å². The lowest BCUT2D eigenvalue weighted by Crippen LogP contribution is -2.36. The first-order valence-corrected chi connectivity index (χ1v) is 8.64. The molecule has 3 rings (SSSR count). The van der Waals surface area contributed by atoms with Crippen molar-refractivity contribution >= 4 is 57.6 Å². The second-order valence-corrected chi connectivity index (χ2v) is 7.01. The van der Waals surface area contributed by atoms with Gasteiger partial charge in [-0.1, -0.05) is 0 Å². The highest BCUT2D eigenvalue weighted by molar-refractivity contribution is 14.0. The van der Waals surface area contributed by atoms with Gasteiger partial charge < -0.3 is 10.6 Å². The molecule has 0 amide bonds. The van der Waals surface area contributed by atoms with E-state index in [1.807, 2.05) is 29.1 Å². The van der Waals surface area contributed by atoms with Crippen LogP contribution in [0.4, 0.5) is 0 Å². The molecular weight excluding hydrogens is 443 g/mol. The van der Waals surface area contributed by atoms with E-state index >= 15 is 0 Å². The molecular formula is C14H19IN6S2. The number of fused-ring (bicyclic) bond motifs is 1. The first-order chi connectivity index (χ1) is 10.7. The van der Waals surface area contributed by atoms with E-state index in [0.717, 1.165) is 27.3 Å². The van der Waals surface area contributed by atoms with Gasteiger partial charge in [-0.2, -0.15) is 0 Å². The number of aromatic nitrogens is 3. The number of aliphatic imine (C=N–C) groups is 1. The van der Waals surface area contributed by atoms with Crippen LogP contribution in [-0.2, 0) is 13.1 Å². The Morgan fingerprint density at radius 1 is 1.26 bits per heavy atom. The van der Waals surface area contributed by atoms with Crippen LogP contribution >= 0.6 is 46.7 Å². The Morgan fingerprint density at radius 2 is 2.04 bits per heavy atom. The zero-order valence-corrected chi connectivity index (χ0v) is 17.1. The van der Waals surface area contributed by atoms with Crippen LogP contribution in [0.25, 0.3) is 4.96 Å². The lowest BCUT2D eigenvalue weighted by molar-refractivity contribution is 0.794. The quantitative estimate of drug-likeness (QED) is 0.356. The van der Waals surface area contributed by atoms with Gasteiger partial charge in [0.15, 0.2) is 10.9 Å². The minimum atomic E-state index is 0. The number of guanidine groups is 1. The summed E-state index contributed by atoms with van der Waals surface area (Å²) in [5, 5.41) is 9.65. The van der Waals surface area contributed by atoms with Gasteiger partial charge >= 0.3 is 0 Å². The van der Waals surface area contributed by atoms with Crippen LogP contribution in [0.2, 0.25) is 0 Å². The van der Waals surface area contributed by atoms with Crippen LogP contribution in [0.1, 0.15) is 21.3 Å². The van der Waals surface area contributed by atoms with E-state index in [-0.39, 0.29) is 24.0 Å². The average Bonchev–Trinajstić information content (AvgIpc) is 3.15. The number of nitrogens with one attached hydrogen (secondary N) is 2. The summed E-state index contributed by atoms with van der Waals surface area (Å²) in [7, 11) is 1.76. The zero-order chi connectivity index (χ0) is 15.5. The van der Waals surface area contributed by atoms with Gasteiger partial charge in [-0.3, -0.25) is 9.39 Å². The minimum Gasteiger partial charge on any atom is -0.351 e. The van der Waals surface area contributed by atoms with Crippen molar-refractivity contribution in [1.82, 2.24) is 25.0 Å². The van der Waals surface area contributed by atoms with Gasteiger partial charge in [-0.15, -0.1) is 46.7 Å². The smallest absolute Gasteiger partial charge is 0.193 e. The summed E-state index contributed by atoms with van der Waals surface area (Å²) < 4.78 is 2.03. The maximum absolute atomic E-state index is 4.54. The number of hydrogen-bond acceptors (Lipinski definition) is 5. The number of halogens is 1. The highest BCUT2D eigenvalue weighted by Crippen LogP contribution is 2.16. The highest BCUT2D eigenvalue weighted by Gasteiger charge is 2.06. The van der Waals surface area contributed by atoms with Crippen LogP contribution in [0.3, 0.4) is 0 Å². The summed E-state index contributed by atoms with van der Waals surface area (Å²) in [6.07, 6.45) is 4.04. The molecule has 3 aromatic rings. The minimum absolute atomic E-state index is 0. The standard InChI is InChI=1S/C14H18N6S2.HI/c1-9-10(2)22-12(18-9)7-17-13(15-3)16-6-11-8-20-4-5-21-14(20)19-11;/h4-5,8H,6-7H2,1-3H3,(H2,15,16,17);1H. The zero-order valence-electron chi connectivity index (χ0n) is 13.2. The Hall–Kier alpha value is -1.20. The monoisotopic (exact) mass is 462 g/mol. The Bertz CT molecular complexity index is 755. The SMILES string of the molecule is CN=C(NCc1cn2ccsc2n1)NCc1nc(C)c(C)s1.I. The Kier molecular flexibility index (Phi) is 6.36. The Labute approximate surface area is 160 Å². The van der Waals surface area contributed by atoms with Crippen molar-refractivity contribution in [2.45, 2.75) is 26.9 Å². The molecule has 0 atom stereocenters. The fraction of sp³-hybridized carbons (Fsp3) is 0.357. The summed E-state index contributed by atoms with van der Waals surface area (Å²) in [5.74, 6) is 0.752. The van der Waals surface area contributed by atoms with E-state index < -0.39 is 0 Å². The van der Waals surface area contributed by atoms with Gasteiger partial charge in [0.05, 0.1) is 24.5 Å². The lowest BCUT2D eigenvalue weighted by Gasteiger charge is -2.09. The van der Waals surface area contributed by atoms with Crippen LogP contribution in [0, 0.1) is 13.8 Å². The second-order valence-electron chi connectivity index (χ2n) is 4.85. The number of rotatable bonds is 4. The third-order valence-corrected chi connectivity index (χ3v) is 5.13. The van der Waals surface area contributed by atoms with E-state index in [1.165, 1.54) is 4.88 Å². The fourth-order valence-corrected chi connectivity index (χ4v) is 3.62. The number of nitrogens with zero attached hydrogens (tertiary/aromatic N) is 4. The molecule has 0 radical (unpaired) electrons. The van der Waals surface area contributed by atoms with Gasteiger partial charge in [-0.05, 0) is 13.8 Å². The Balaban J connectivity index is 0.00000192. The molecule has 3 aromatic heterocycles. The molecule has 0 fully saturated rings. The van der Waals surface area contributed by atoms with Crippen molar-refractivity contribution in [1.29, 1.82) is 0 Å². The van der Waals surface area contributed by atoms with Gasteiger partial charge in [0.25, 0.3) is 0 Å². The third kappa shape index (κ3) is 4.42. The molecule has 0 aliphatic rings. The number of thiazole rings is 2. The molecule has 3 heterocycles. The van der Waals surface area contributed by atoms with Crippen LogP contribution in [-0.4, -0.2) is 27.4 Å². The molecule has 6 nitrogen and oxygen atoms in total. The van der Waals surface area contributed by atoms with Gasteiger partial charge in [0, 0.05) is 29.7 Å². The van der Waals surface area contributed by atoms with E-state index in [1.54, 1.807) is 29.7 Å². The predicted molar refractivity (Wildman–Crippen MR) is 107 cm³/mol. The summed E-state index contributed by atoms with van der Waals surface area (Å²) in [6.45, 7) is 5.45. The van der Waals surface area contributed by atoms with Gasteiger partial charge in [-0.25, -0.2) is 9.97 Å². The maximum atomic E-state index is 4.54. The first-order valence-electron chi connectivity index (χ1n) is 6.94. The number of hydrogen-bond donors (Lipinski definition) is 2. The second kappa shape index (κ2) is 8.06. The van der Waals surface area contributed by atoms with Crippen molar-refractivity contribution in [2.75, 3.05) is 7.05 Å². The number of aryl methyl sites for hydroxylation is 2. The molecule has 0 bridgehead atoms. The lowest BCUT2D eigenvalue weighted by atomic mass is 10.4. The normalized spacial score (nSPS) is 11.5. The molecule has 0 aliphatic heterocycles. The Morgan fingerprint density at radius 3 is 2.70 bits per heavy atom. The molecule has 9 heteroatoms. The highest BCUT2D eigenvalue weighted by atomic mass is 127. The third-order valence-electron chi connectivity index (χ3n) is 3.28. The molecule has 0 aromatic carbocycles. The molecule has 0 saturated carbocycles. The topological polar surface area (TPSA) is 66.6 Å². The first kappa shape index (κ1) is 18.1. The summed E-state index contributed by atoms with van der Waals surface area (Å²) in [4.78, 5) is 15.6. The molecule has 0 saturated heterocycles. The van der Waals surface area contributed by atoms with Crippen LogP contribution in [0.5, 0.6) is 0 Å². The summed E-state index contributed by atoms with van der Waals surface area (Å²) in [5.41, 5.74) is 2.10. The van der Waals surface area contributed by atoms with Crippen molar-refractivity contribution < 1.29 is 0 Å². The number of imidazole rings is 1. The van der Waals surface area contributed by atoms with Crippen molar-refractivity contribution in [3.05, 3.63) is 39.0 Å². The molecule has 23 heavy (non-hydrogen) atoms.